The first-order valence-electron chi connectivity index (χ1n) is 10.1. The van der Waals surface area contributed by atoms with Crippen LogP contribution in [0.3, 0.4) is 0 Å². The molecule has 0 saturated carbocycles. The summed E-state index contributed by atoms with van der Waals surface area (Å²) in [6.07, 6.45) is 1.48. The van der Waals surface area contributed by atoms with Crippen molar-refractivity contribution in [3.63, 3.8) is 0 Å². The lowest BCUT2D eigenvalue weighted by Gasteiger charge is -2.34. The fourth-order valence-electron chi connectivity index (χ4n) is 3.53. The van der Waals surface area contributed by atoms with Crippen molar-refractivity contribution in [1.29, 1.82) is 0 Å². The standard InChI is InChI=1S/C21H25N5O6/c1-15(27)24-8-6-23(7-9-24)12-18-11-19(28)20(32-2)13-25(18)14-21(29)22-16-4-3-5-17(10-16)26(30)31/h3-5,10-11,13H,6-9,12,14H2,1-2H3,(H,22,29). The highest BCUT2D eigenvalue weighted by molar-refractivity contribution is 5.90. The number of benzene rings is 1. The van der Waals surface area contributed by atoms with Crippen LogP contribution in [0, 0.1) is 10.1 Å². The molecule has 1 aliphatic heterocycles. The Labute approximate surface area is 184 Å². The van der Waals surface area contributed by atoms with E-state index in [1.54, 1.807) is 15.5 Å². The number of nitrogens with one attached hydrogen (secondary N) is 1. The number of nitro groups is 1. The molecular weight excluding hydrogens is 418 g/mol. The van der Waals surface area contributed by atoms with Crippen molar-refractivity contribution in [2.45, 2.75) is 20.0 Å². The van der Waals surface area contributed by atoms with Crippen LogP contribution in [0.25, 0.3) is 0 Å². The van der Waals surface area contributed by atoms with Gasteiger partial charge in [-0.1, -0.05) is 6.07 Å². The highest BCUT2D eigenvalue weighted by atomic mass is 16.6. The third kappa shape index (κ3) is 5.70. The van der Waals surface area contributed by atoms with Gasteiger partial charge in [-0.25, -0.2) is 0 Å². The van der Waals surface area contributed by atoms with Crippen LogP contribution in [0.5, 0.6) is 5.75 Å². The van der Waals surface area contributed by atoms with Crippen molar-refractivity contribution in [3.05, 3.63) is 62.6 Å². The van der Waals surface area contributed by atoms with Crippen LogP contribution in [0.15, 0.2) is 41.3 Å². The number of ether oxygens (including phenoxy) is 1. The van der Waals surface area contributed by atoms with E-state index >= 15 is 0 Å². The third-order valence-corrected chi connectivity index (χ3v) is 5.26. The molecule has 11 heteroatoms. The van der Waals surface area contributed by atoms with E-state index in [0.717, 1.165) is 0 Å². The minimum Gasteiger partial charge on any atom is -0.491 e. The lowest BCUT2D eigenvalue weighted by Crippen LogP contribution is -2.47. The quantitative estimate of drug-likeness (QED) is 0.501. The lowest BCUT2D eigenvalue weighted by molar-refractivity contribution is -0.384. The van der Waals surface area contributed by atoms with Crippen LogP contribution in [0.2, 0.25) is 0 Å². The number of carbonyl (C=O) groups is 2. The summed E-state index contributed by atoms with van der Waals surface area (Å²) in [6.45, 7) is 4.36. The van der Waals surface area contributed by atoms with E-state index in [9.17, 15) is 24.5 Å². The number of non-ortho nitro benzene ring substituents is 1. The van der Waals surface area contributed by atoms with Gasteiger partial charge >= 0.3 is 0 Å². The van der Waals surface area contributed by atoms with Gasteiger partial charge in [-0.05, 0) is 6.07 Å². The SMILES string of the molecule is COc1cn(CC(=O)Nc2cccc([N+](=O)[O-])c2)c(CN2CCN(C(C)=O)CC2)cc1=O. The second-order valence-electron chi connectivity index (χ2n) is 7.46. The van der Waals surface area contributed by atoms with E-state index in [2.05, 4.69) is 10.2 Å². The first-order chi connectivity index (χ1) is 15.3. The second kappa shape index (κ2) is 10.1. The normalized spacial score (nSPS) is 14.1. The molecule has 170 valence electrons. The molecule has 1 fully saturated rings. The zero-order valence-electron chi connectivity index (χ0n) is 17.9. The minimum atomic E-state index is -0.536. The Kier molecular flexibility index (Phi) is 7.21. The molecular formula is C21H25N5O6. The minimum absolute atomic E-state index is 0.0313. The van der Waals surface area contributed by atoms with Crippen LogP contribution in [-0.2, 0) is 22.7 Å². The summed E-state index contributed by atoms with van der Waals surface area (Å²) in [5.41, 5.74) is 0.513. The zero-order valence-corrected chi connectivity index (χ0v) is 17.9. The van der Waals surface area contributed by atoms with Crippen molar-refractivity contribution in [3.8, 4) is 5.75 Å². The van der Waals surface area contributed by atoms with Gasteiger partial charge in [0.25, 0.3) is 5.69 Å². The van der Waals surface area contributed by atoms with Gasteiger partial charge in [0, 0.05) is 69.2 Å². The number of piperazine rings is 1. The average molecular weight is 443 g/mol. The number of aromatic nitrogens is 1. The van der Waals surface area contributed by atoms with Crippen molar-refractivity contribution in [1.82, 2.24) is 14.4 Å². The molecule has 0 bridgehead atoms. The second-order valence-corrected chi connectivity index (χ2v) is 7.46. The predicted molar refractivity (Wildman–Crippen MR) is 117 cm³/mol. The maximum Gasteiger partial charge on any atom is 0.271 e. The molecule has 3 rings (SSSR count). The molecule has 0 atom stereocenters. The van der Waals surface area contributed by atoms with Crippen molar-refractivity contribution < 1.29 is 19.2 Å². The van der Waals surface area contributed by atoms with Crippen molar-refractivity contribution >= 4 is 23.2 Å². The molecule has 2 amide bonds. The summed E-state index contributed by atoms with van der Waals surface area (Å²) < 4.78 is 6.74. The molecule has 2 heterocycles. The Hall–Kier alpha value is -3.73. The predicted octanol–water partition coefficient (Wildman–Crippen LogP) is 1.07. The Morgan fingerprint density at radius 3 is 2.53 bits per heavy atom. The van der Waals surface area contributed by atoms with Gasteiger partial charge in [-0.15, -0.1) is 0 Å². The van der Waals surface area contributed by atoms with Gasteiger partial charge < -0.3 is 19.5 Å². The van der Waals surface area contributed by atoms with Crippen LogP contribution in [0.1, 0.15) is 12.6 Å². The maximum atomic E-state index is 12.6. The molecule has 2 aromatic rings. The summed E-state index contributed by atoms with van der Waals surface area (Å²) in [5, 5.41) is 13.6. The van der Waals surface area contributed by atoms with Crippen LogP contribution >= 0.6 is 0 Å². The summed E-state index contributed by atoms with van der Waals surface area (Å²) in [6, 6.07) is 7.11. The molecule has 11 nitrogen and oxygen atoms in total. The van der Waals surface area contributed by atoms with Gasteiger partial charge in [-0.3, -0.25) is 29.4 Å². The molecule has 1 aromatic carbocycles. The third-order valence-electron chi connectivity index (χ3n) is 5.26. The highest BCUT2D eigenvalue weighted by Gasteiger charge is 2.20. The molecule has 0 spiro atoms. The van der Waals surface area contributed by atoms with Crippen LogP contribution in [-0.4, -0.2) is 64.4 Å². The lowest BCUT2D eigenvalue weighted by atomic mass is 10.2. The van der Waals surface area contributed by atoms with Gasteiger partial charge in [-0.2, -0.15) is 0 Å². The zero-order chi connectivity index (χ0) is 23.3. The molecule has 0 aliphatic carbocycles. The first-order valence-corrected chi connectivity index (χ1v) is 10.1. The maximum absolute atomic E-state index is 12.6. The topological polar surface area (TPSA) is 127 Å². The molecule has 0 radical (unpaired) electrons. The summed E-state index contributed by atoms with van der Waals surface area (Å²) in [7, 11) is 1.38. The molecule has 0 unspecified atom stereocenters. The Bertz CT molecular complexity index is 1070. The van der Waals surface area contributed by atoms with Gasteiger partial charge in [0.2, 0.25) is 17.2 Å². The van der Waals surface area contributed by atoms with Crippen LogP contribution < -0.4 is 15.5 Å². The summed E-state index contributed by atoms with van der Waals surface area (Å²) in [5.74, 6) is -0.263. The Balaban J connectivity index is 1.75. The smallest absolute Gasteiger partial charge is 0.271 e. The van der Waals surface area contributed by atoms with Gasteiger partial charge in [0.05, 0.1) is 18.2 Å². The van der Waals surface area contributed by atoms with Crippen LogP contribution in [0.4, 0.5) is 11.4 Å². The molecule has 1 N–H and O–H groups in total. The largest absolute Gasteiger partial charge is 0.491 e. The van der Waals surface area contributed by atoms with E-state index < -0.39 is 10.8 Å². The van der Waals surface area contributed by atoms with E-state index in [4.69, 9.17) is 4.74 Å². The number of hydrogen-bond acceptors (Lipinski definition) is 7. The Morgan fingerprint density at radius 1 is 1.19 bits per heavy atom. The summed E-state index contributed by atoms with van der Waals surface area (Å²) in [4.78, 5) is 50.8. The summed E-state index contributed by atoms with van der Waals surface area (Å²) >= 11 is 0. The van der Waals surface area contributed by atoms with E-state index in [0.29, 0.717) is 44.1 Å². The number of nitro benzene ring substituents is 1. The number of anilines is 1. The molecule has 1 aromatic heterocycles. The van der Waals surface area contributed by atoms with E-state index in [1.165, 1.54) is 44.5 Å². The first kappa shape index (κ1) is 22.9. The average Bonchev–Trinajstić information content (AvgIpc) is 2.76. The monoisotopic (exact) mass is 443 g/mol. The number of amides is 2. The van der Waals surface area contributed by atoms with Gasteiger partial charge in [0.1, 0.15) is 6.54 Å². The number of pyridine rings is 1. The Morgan fingerprint density at radius 2 is 1.91 bits per heavy atom. The highest BCUT2D eigenvalue weighted by Crippen LogP contribution is 2.17. The molecule has 1 saturated heterocycles. The molecule has 1 aliphatic rings. The van der Waals surface area contributed by atoms with Crippen molar-refractivity contribution in [2.75, 3.05) is 38.6 Å². The van der Waals surface area contributed by atoms with E-state index in [-0.39, 0.29) is 29.3 Å². The number of carbonyl (C=O) groups excluding carboxylic acids is 2. The van der Waals surface area contributed by atoms with Gasteiger partial charge in [0.15, 0.2) is 5.75 Å². The number of methoxy groups -OCH3 is 1. The number of nitrogens with zero attached hydrogens (tertiary/aromatic N) is 4. The number of rotatable bonds is 7. The molecule has 32 heavy (non-hydrogen) atoms. The van der Waals surface area contributed by atoms with E-state index in [1.807, 2.05) is 0 Å². The van der Waals surface area contributed by atoms with Crippen molar-refractivity contribution in [2.24, 2.45) is 0 Å². The fourth-order valence-corrected chi connectivity index (χ4v) is 3.53. The fraction of sp³-hybridized carbons (Fsp3) is 0.381. The number of hydrogen-bond donors (Lipinski definition) is 1.